The van der Waals surface area contributed by atoms with Gasteiger partial charge in [0.2, 0.25) is 0 Å². The fourth-order valence-electron chi connectivity index (χ4n) is 12.7. The lowest BCUT2D eigenvalue weighted by Crippen LogP contribution is -2.36. The Balaban J connectivity index is 0.000000183. The van der Waals surface area contributed by atoms with Crippen molar-refractivity contribution in [3.05, 3.63) is 155 Å². The van der Waals surface area contributed by atoms with E-state index < -0.39 is 5.60 Å². The van der Waals surface area contributed by atoms with Crippen LogP contribution in [0.5, 0.6) is 0 Å². The van der Waals surface area contributed by atoms with Gasteiger partial charge in [0, 0.05) is 89.6 Å². The summed E-state index contributed by atoms with van der Waals surface area (Å²) in [7, 11) is 0. The van der Waals surface area contributed by atoms with Crippen molar-refractivity contribution in [1.82, 2.24) is 70.7 Å². The Kier molecular flexibility index (Phi) is 18.6. The molecule has 10 aromatic rings. The number of hydrogen-bond acceptors (Lipinski definition) is 12. The average molecular weight is 1220 g/mol. The molecule has 1 saturated heterocycles. The van der Waals surface area contributed by atoms with Gasteiger partial charge >= 0.3 is 6.09 Å². The second-order valence-electron chi connectivity index (χ2n) is 25.2. The van der Waals surface area contributed by atoms with E-state index in [0.29, 0.717) is 65.5 Å². The summed E-state index contributed by atoms with van der Waals surface area (Å²) in [5.41, 5.74) is 14.8. The monoisotopic (exact) mass is 1220 g/mol. The van der Waals surface area contributed by atoms with Crippen LogP contribution in [0.4, 0.5) is 4.79 Å². The number of nitrogens with one attached hydrogen (secondary N) is 6. The third-order valence-electron chi connectivity index (χ3n) is 17.7. The summed E-state index contributed by atoms with van der Waals surface area (Å²) in [6, 6.07) is 32.6. The molecule has 2 saturated carbocycles. The molecule has 0 bridgehead atoms. The second-order valence-corrected chi connectivity index (χ2v) is 25.2. The first-order chi connectivity index (χ1) is 44.2. The zero-order chi connectivity index (χ0) is 63.2. The highest BCUT2D eigenvalue weighted by Crippen LogP contribution is 2.39. The highest BCUT2D eigenvalue weighted by atomic mass is 16.6. The second kappa shape index (κ2) is 27.4. The van der Waals surface area contributed by atoms with Gasteiger partial charge < -0.3 is 40.3 Å². The quantitative estimate of drug-likeness (QED) is 0.0499. The van der Waals surface area contributed by atoms with Crippen molar-refractivity contribution in [3.8, 4) is 67.8 Å². The molecule has 3 amide bonds. The van der Waals surface area contributed by atoms with E-state index in [-0.39, 0.29) is 36.2 Å². The number of nitrogens with zero attached hydrogens (tertiary/aromatic N) is 8. The highest BCUT2D eigenvalue weighted by Gasteiger charge is 2.30. The Morgan fingerprint density at radius 3 is 1.75 bits per heavy atom. The Bertz CT molecular complexity index is 4200. The SMILES string of the molecule is CCN(Cc1cncc(-c2ccc3c(c2)c(-c2nc(-c4ccccc4)c(C(=O)NC4CCCC4)[nH]2)nn3C2CCCCO2)c1C)C(=O)OC(C)(C)C.CCNCc1cncc(-c2ccc3[nH]nc(-c4nc(-c5ccccc5)c(C(=O)NC5CCCC5)[nH]4)c3c2)c1C. The molecule has 0 radical (unpaired) electrons. The van der Waals surface area contributed by atoms with Crippen molar-refractivity contribution in [3.63, 3.8) is 0 Å². The molecular formula is C72H82N14O5. The number of rotatable bonds is 17. The lowest BCUT2D eigenvalue weighted by molar-refractivity contribution is -0.0365. The number of aromatic amines is 3. The summed E-state index contributed by atoms with van der Waals surface area (Å²) in [4.78, 5) is 67.7. The average Bonchev–Trinajstić information content (AvgIpc) is 1.65. The first-order valence-corrected chi connectivity index (χ1v) is 32.3. The number of benzene rings is 4. The van der Waals surface area contributed by atoms with Gasteiger partial charge in [0.05, 0.1) is 17.6 Å². The molecule has 13 rings (SSSR count). The molecule has 470 valence electrons. The van der Waals surface area contributed by atoms with Crippen LogP contribution in [-0.2, 0) is 22.6 Å². The zero-order valence-corrected chi connectivity index (χ0v) is 53.2. The van der Waals surface area contributed by atoms with Crippen molar-refractivity contribution in [2.24, 2.45) is 0 Å². The van der Waals surface area contributed by atoms with Gasteiger partial charge in [-0.15, -0.1) is 0 Å². The minimum Gasteiger partial charge on any atom is -0.444 e. The molecule has 3 aliphatic rings. The molecule has 7 heterocycles. The van der Waals surface area contributed by atoms with Crippen LogP contribution in [0.3, 0.4) is 0 Å². The normalized spacial score (nSPS) is 15.4. The molecule has 4 aromatic carbocycles. The smallest absolute Gasteiger partial charge is 0.410 e. The van der Waals surface area contributed by atoms with Crippen LogP contribution < -0.4 is 16.0 Å². The Morgan fingerprint density at radius 2 is 1.19 bits per heavy atom. The van der Waals surface area contributed by atoms with Crippen LogP contribution >= 0.6 is 0 Å². The number of H-pyrrole nitrogens is 3. The lowest BCUT2D eigenvalue weighted by Gasteiger charge is -2.27. The molecule has 0 spiro atoms. The number of amides is 3. The maximum Gasteiger partial charge on any atom is 0.410 e. The van der Waals surface area contributed by atoms with Gasteiger partial charge in [-0.25, -0.2) is 19.4 Å². The van der Waals surface area contributed by atoms with Gasteiger partial charge in [0.1, 0.15) is 39.8 Å². The third kappa shape index (κ3) is 13.7. The van der Waals surface area contributed by atoms with E-state index in [9.17, 15) is 14.4 Å². The fraction of sp³-hybridized carbons (Fsp3) is 0.375. The number of fused-ring (bicyclic) bond motifs is 2. The molecule has 3 fully saturated rings. The number of carbonyl (C=O) groups is 3. The number of hydrogen-bond donors (Lipinski definition) is 6. The number of pyridine rings is 2. The summed E-state index contributed by atoms with van der Waals surface area (Å²) < 4.78 is 13.9. The Morgan fingerprint density at radius 1 is 0.637 bits per heavy atom. The minimum atomic E-state index is -0.587. The molecule has 6 N–H and O–H groups in total. The largest absolute Gasteiger partial charge is 0.444 e. The van der Waals surface area contributed by atoms with Crippen LogP contribution in [0.1, 0.15) is 155 Å². The van der Waals surface area contributed by atoms with E-state index in [4.69, 9.17) is 24.5 Å². The highest BCUT2D eigenvalue weighted by molar-refractivity contribution is 6.02. The Labute approximate surface area is 531 Å². The first kappa shape index (κ1) is 61.9. The fourth-order valence-corrected chi connectivity index (χ4v) is 12.7. The van der Waals surface area contributed by atoms with Gasteiger partial charge in [0.25, 0.3) is 11.8 Å². The summed E-state index contributed by atoms with van der Waals surface area (Å²) in [6.45, 7) is 17.1. The van der Waals surface area contributed by atoms with Gasteiger partial charge in [-0.1, -0.05) is 105 Å². The number of imidazole rings is 2. The lowest BCUT2D eigenvalue weighted by atomic mass is 9.97. The number of ether oxygens (including phenoxy) is 2. The van der Waals surface area contributed by atoms with E-state index in [2.05, 4.69) is 97.2 Å². The first-order valence-electron chi connectivity index (χ1n) is 32.3. The number of carbonyl (C=O) groups excluding carboxylic acids is 3. The third-order valence-corrected chi connectivity index (χ3v) is 17.7. The van der Waals surface area contributed by atoms with Crippen LogP contribution in [0.25, 0.3) is 89.6 Å². The summed E-state index contributed by atoms with van der Waals surface area (Å²) in [6.07, 6.45) is 18.5. The molecule has 6 aromatic heterocycles. The van der Waals surface area contributed by atoms with E-state index in [1.165, 1.54) is 11.1 Å². The van der Waals surface area contributed by atoms with Gasteiger partial charge in [-0.05, 0) is 151 Å². The van der Waals surface area contributed by atoms with Crippen molar-refractivity contribution in [2.45, 2.75) is 156 Å². The number of aromatic nitrogens is 10. The van der Waals surface area contributed by atoms with E-state index >= 15 is 0 Å². The maximum absolute atomic E-state index is 13.8. The van der Waals surface area contributed by atoms with Crippen LogP contribution in [0.2, 0.25) is 0 Å². The van der Waals surface area contributed by atoms with Crippen LogP contribution in [0.15, 0.2) is 122 Å². The minimum absolute atomic E-state index is 0.126. The van der Waals surface area contributed by atoms with Crippen molar-refractivity contribution in [1.29, 1.82) is 0 Å². The predicted octanol–water partition coefficient (Wildman–Crippen LogP) is 14.4. The van der Waals surface area contributed by atoms with Gasteiger partial charge in [0.15, 0.2) is 17.9 Å². The Hall–Kier alpha value is -9.33. The van der Waals surface area contributed by atoms with Crippen molar-refractivity contribution < 1.29 is 23.9 Å². The summed E-state index contributed by atoms with van der Waals surface area (Å²) >= 11 is 0. The van der Waals surface area contributed by atoms with E-state index in [1.807, 2.05) is 124 Å². The molecule has 1 atom stereocenters. The standard InChI is InChI=1S/C41H49N7O4.C31H33N7O/c1-6-47(40(50)52-41(3,4)5)25-29-23-42-24-32(26(29)2)28-19-20-33-31(22-28)36(46-48(33)34-18-12-13-21-51-34)38-44-35(27-14-8-7-9-15-27)37(45-38)39(49)43-30-16-10-11-17-30;1-3-32-16-22-17-33-18-25(19(22)2)21-13-14-26-24(15-21)28(38-37-26)30-35-27(20-9-5-4-6-10-20)29(36-30)31(39)34-23-11-7-8-12-23/h7-9,14-15,19-20,22-24,30,34H,6,10-13,16-18,21,25H2,1-5H3,(H,43,49)(H,44,45);4-6,9-10,13-15,17-18,23,32H,3,7-8,11-12,16H2,1-2H3,(H,34,39)(H,35,36)(H,37,38). The van der Waals surface area contributed by atoms with Gasteiger partial charge in [-0.3, -0.25) is 24.7 Å². The maximum atomic E-state index is 13.8. The van der Waals surface area contributed by atoms with Crippen molar-refractivity contribution in [2.75, 3.05) is 19.7 Å². The van der Waals surface area contributed by atoms with Crippen LogP contribution in [-0.4, -0.2) is 110 Å². The van der Waals surface area contributed by atoms with Gasteiger partial charge in [-0.2, -0.15) is 10.2 Å². The summed E-state index contributed by atoms with van der Waals surface area (Å²) in [5.74, 6) is 0.797. The zero-order valence-electron chi connectivity index (χ0n) is 53.2. The molecule has 2 aliphatic carbocycles. The molecular weight excluding hydrogens is 1140 g/mol. The molecule has 1 aliphatic heterocycles. The predicted molar refractivity (Wildman–Crippen MR) is 356 cm³/mol. The molecule has 1 unspecified atom stereocenters. The topological polar surface area (TPSA) is 239 Å². The van der Waals surface area contributed by atoms with Crippen molar-refractivity contribution >= 4 is 39.7 Å². The molecule has 19 heteroatoms. The van der Waals surface area contributed by atoms with E-state index in [1.54, 1.807) is 4.90 Å². The molecule has 19 nitrogen and oxygen atoms in total. The molecule has 91 heavy (non-hydrogen) atoms. The van der Waals surface area contributed by atoms with Crippen LogP contribution in [0, 0.1) is 13.8 Å². The summed E-state index contributed by atoms with van der Waals surface area (Å²) in [5, 5.41) is 24.6. The van der Waals surface area contributed by atoms with E-state index in [0.717, 1.165) is 150 Å².